The molecule has 9 nitrogen and oxygen atoms in total. The third kappa shape index (κ3) is 6.99. The van der Waals surface area contributed by atoms with E-state index in [1.54, 1.807) is 6.92 Å². The largest absolute Gasteiger partial charge is 0.464 e. The number of nitrogens with two attached hydrogens (primary N) is 3. The van der Waals surface area contributed by atoms with Crippen molar-refractivity contribution in [3.8, 4) is 0 Å². The molecule has 1 rings (SSSR count). The lowest BCUT2D eigenvalue weighted by Crippen LogP contribution is -2.62. The van der Waals surface area contributed by atoms with E-state index < -0.39 is 29.2 Å². The molecule has 0 heterocycles. The average Bonchev–Trinajstić information content (AvgIpc) is 2.64. The molecule has 0 radical (unpaired) electrons. The predicted octanol–water partition coefficient (Wildman–Crippen LogP) is -0.383. The molecule has 9 heteroatoms. The second-order valence-corrected chi connectivity index (χ2v) is 6.41. The molecular formula is C19H29N5O4. The Morgan fingerprint density at radius 3 is 2.39 bits per heavy atom. The van der Waals surface area contributed by atoms with Crippen LogP contribution in [0.2, 0.25) is 0 Å². The molecule has 0 aliphatic carbocycles. The van der Waals surface area contributed by atoms with E-state index >= 15 is 0 Å². The summed E-state index contributed by atoms with van der Waals surface area (Å²) in [6, 6.07) is 8.15. The smallest absolute Gasteiger partial charge is 0.333 e. The zero-order valence-electron chi connectivity index (χ0n) is 16.3. The molecule has 1 amide bonds. The number of Topliss-reactive ketones (excluding diaryl/α,β-unsaturated/α-hetero) is 1. The molecule has 0 unspecified atom stereocenters. The number of hydrogen-bond acceptors (Lipinski definition) is 6. The van der Waals surface area contributed by atoms with Crippen LogP contribution in [0.1, 0.15) is 32.3 Å². The van der Waals surface area contributed by atoms with Gasteiger partial charge in [-0.2, -0.15) is 0 Å². The zero-order valence-corrected chi connectivity index (χ0v) is 16.3. The summed E-state index contributed by atoms with van der Waals surface area (Å²) in [7, 11) is 0. The molecule has 0 saturated heterocycles. The number of nitrogens with zero attached hydrogens (tertiary/aromatic N) is 1. The van der Waals surface area contributed by atoms with E-state index in [9.17, 15) is 14.4 Å². The highest BCUT2D eigenvalue weighted by molar-refractivity contribution is 6.11. The van der Waals surface area contributed by atoms with Crippen LogP contribution in [0, 0.1) is 0 Å². The maximum atomic E-state index is 13.2. The van der Waals surface area contributed by atoms with Crippen molar-refractivity contribution in [2.24, 2.45) is 22.2 Å². The Hall–Kier alpha value is -2.94. The first-order valence-corrected chi connectivity index (χ1v) is 9.07. The Balaban J connectivity index is 3.10. The van der Waals surface area contributed by atoms with Gasteiger partial charge < -0.3 is 27.3 Å². The summed E-state index contributed by atoms with van der Waals surface area (Å²) in [6.45, 7) is 3.20. The molecule has 1 aromatic carbocycles. The van der Waals surface area contributed by atoms with Gasteiger partial charge in [0.15, 0.2) is 17.3 Å². The maximum Gasteiger partial charge on any atom is 0.333 e. The van der Waals surface area contributed by atoms with Gasteiger partial charge in [0.1, 0.15) is 0 Å². The molecule has 0 aliphatic heterocycles. The number of nitrogens with one attached hydrogen (secondary N) is 1. The minimum Gasteiger partial charge on any atom is -0.464 e. The Bertz CT molecular complexity index is 704. The Morgan fingerprint density at radius 2 is 1.86 bits per heavy atom. The number of aliphatic imine (C=N–C) groups is 1. The molecule has 0 fully saturated rings. The van der Waals surface area contributed by atoms with Crippen molar-refractivity contribution in [1.29, 1.82) is 0 Å². The minimum absolute atomic E-state index is 0.0215. The Kier molecular flexibility index (Phi) is 9.10. The average molecular weight is 391 g/mol. The standard InChI is InChI=1S/C19H29N5O4/c1-3-28-17(27)19(22,10-7-11-23-18(20)21)16(26)15(24-13(2)25)12-14-8-5-4-6-9-14/h4-6,8-9,15H,3,7,10-12,22H2,1-2H3,(H,24,25)(H4,20,21,23)/t15-,19+/m0/s1. The molecule has 1 aromatic rings. The number of rotatable bonds is 11. The number of esters is 1. The number of amides is 1. The number of carbonyl (C=O) groups is 3. The number of guanidine groups is 1. The van der Waals surface area contributed by atoms with Gasteiger partial charge in [-0.15, -0.1) is 0 Å². The third-order valence-corrected chi connectivity index (χ3v) is 4.08. The van der Waals surface area contributed by atoms with Gasteiger partial charge in [-0.25, -0.2) is 4.79 Å². The van der Waals surface area contributed by atoms with Crippen molar-refractivity contribution >= 4 is 23.6 Å². The Morgan fingerprint density at radius 1 is 1.21 bits per heavy atom. The van der Waals surface area contributed by atoms with Gasteiger partial charge in [0.2, 0.25) is 5.91 Å². The van der Waals surface area contributed by atoms with Gasteiger partial charge in [-0.05, 0) is 31.7 Å². The molecule has 154 valence electrons. The first kappa shape index (κ1) is 23.1. The fraction of sp³-hybridized carbons (Fsp3) is 0.474. The fourth-order valence-electron chi connectivity index (χ4n) is 2.77. The SMILES string of the molecule is CCOC(=O)[C@@](N)(CCCN=C(N)N)C(=O)[C@H](Cc1ccccc1)NC(C)=O. The second kappa shape index (κ2) is 11.0. The van der Waals surface area contributed by atoms with Crippen LogP contribution >= 0.6 is 0 Å². The fourth-order valence-corrected chi connectivity index (χ4v) is 2.77. The summed E-state index contributed by atoms with van der Waals surface area (Å²) in [4.78, 5) is 41.2. The van der Waals surface area contributed by atoms with E-state index in [2.05, 4.69) is 10.3 Å². The zero-order chi connectivity index (χ0) is 21.2. The van der Waals surface area contributed by atoms with Gasteiger partial charge in [0.05, 0.1) is 12.6 Å². The van der Waals surface area contributed by atoms with Crippen molar-refractivity contribution in [2.45, 2.75) is 44.7 Å². The number of hydrogen-bond donors (Lipinski definition) is 4. The van der Waals surface area contributed by atoms with Crippen LogP contribution in [0.3, 0.4) is 0 Å². The maximum absolute atomic E-state index is 13.2. The van der Waals surface area contributed by atoms with Crippen LogP contribution in [0.25, 0.3) is 0 Å². The number of ketones is 1. The molecule has 2 atom stereocenters. The van der Waals surface area contributed by atoms with Crippen molar-refractivity contribution in [3.05, 3.63) is 35.9 Å². The lowest BCUT2D eigenvalue weighted by atomic mass is 9.83. The van der Waals surface area contributed by atoms with Gasteiger partial charge in [-0.1, -0.05) is 30.3 Å². The molecule has 7 N–H and O–H groups in total. The summed E-state index contributed by atoms with van der Waals surface area (Å²) in [5, 5.41) is 2.60. The summed E-state index contributed by atoms with van der Waals surface area (Å²) in [6.07, 6.45) is 0.467. The normalized spacial score (nSPS) is 13.7. The first-order valence-electron chi connectivity index (χ1n) is 9.07. The molecule has 0 aromatic heterocycles. The minimum atomic E-state index is -1.92. The van der Waals surface area contributed by atoms with E-state index in [-0.39, 0.29) is 38.4 Å². The van der Waals surface area contributed by atoms with Crippen molar-refractivity contribution in [1.82, 2.24) is 5.32 Å². The summed E-state index contributed by atoms with van der Waals surface area (Å²) >= 11 is 0. The molecule has 0 bridgehead atoms. The predicted molar refractivity (Wildman–Crippen MR) is 106 cm³/mol. The van der Waals surface area contributed by atoms with Crippen LogP contribution < -0.4 is 22.5 Å². The van der Waals surface area contributed by atoms with Crippen molar-refractivity contribution < 1.29 is 19.1 Å². The number of carbonyl (C=O) groups excluding carboxylic acids is 3. The third-order valence-electron chi connectivity index (χ3n) is 4.08. The summed E-state index contributed by atoms with van der Waals surface area (Å²) in [5.74, 6) is -1.95. The second-order valence-electron chi connectivity index (χ2n) is 6.41. The van der Waals surface area contributed by atoms with E-state index in [0.717, 1.165) is 5.56 Å². The first-order chi connectivity index (χ1) is 13.2. The van der Waals surface area contributed by atoms with E-state index in [1.165, 1.54) is 6.92 Å². The van der Waals surface area contributed by atoms with Crippen LogP contribution in [0.15, 0.2) is 35.3 Å². The highest BCUT2D eigenvalue weighted by Gasteiger charge is 2.46. The molecule has 0 spiro atoms. The van der Waals surface area contributed by atoms with Crippen LogP contribution in [-0.2, 0) is 25.5 Å². The number of benzene rings is 1. The Labute approximate surface area is 164 Å². The lowest BCUT2D eigenvalue weighted by Gasteiger charge is -2.30. The van der Waals surface area contributed by atoms with Gasteiger partial charge in [0.25, 0.3) is 0 Å². The van der Waals surface area contributed by atoms with Crippen molar-refractivity contribution in [2.75, 3.05) is 13.2 Å². The van der Waals surface area contributed by atoms with Crippen molar-refractivity contribution in [3.63, 3.8) is 0 Å². The highest BCUT2D eigenvalue weighted by atomic mass is 16.5. The monoisotopic (exact) mass is 391 g/mol. The summed E-state index contributed by atoms with van der Waals surface area (Å²) < 4.78 is 5.03. The quantitative estimate of drug-likeness (QED) is 0.131. The number of ether oxygens (including phenoxy) is 1. The lowest BCUT2D eigenvalue weighted by molar-refractivity contribution is -0.155. The molecular weight excluding hydrogens is 362 g/mol. The molecule has 28 heavy (non-hydrogen) atoms. The topological polar surface area (TPSA) is 163 Å². The van der Waals surface area contributed by atoms with Crippen LogP contribution in [0.4, 0.5) is 0 Å². The highest BCUT2D eigenvalue weighted by Crippen LogP contribution is 2.18. The van der Waals surface area contributed by atoms with E-state index in [0.29, 0.717) is 0 Å². The van der Waals surface area contributed by atoms with Gasteiger partial charge in [0, 0.05) is 13.5 Å². The van der Waals surface area contributed by atoms with Crippen LogP contribution in [0.5, 0.6) is 0 Å². The van der Waals surface area contributed by atoms with Crippen LogP contribution in [-0.4, -0.2) is 48.4 Å². The van der Waals surface area contributed by atoms with Gasteiger partial charge >= 0.3 is 5.97 Å². The van der Waals surface area contributed by atoms with Gasteiger partial charge in [-0.3, -0.25) is 14.6 Å². The van der Waals surface area contributed by atoms with E-state index in [4.69, 9.17) is 21.9 Å². The molecule has 0 saturated carbocycles. The molecule has 0 aliphatic rings. The summed E-state index contributed by atoms with van der Waals surface area (Å²) in [5.41, 5.74) is 15.7. The van der Waals surface area contributed by atoms with E-state index in [1.807, 2.05) is 30.3 Å².